The Hall–Kier alpha value is -1.35. The molecule has 0 spiro atoms. The summed E-state index contributed by atoms with van der Waals surface area (Å²) >= 11 is 0. The maximum atomic E-state index is 12.5. The van der Waals surface area contributed by atoms with Crippen molar-refractivity contribution >= 4 is 5.91 Å². The zero-order chi connectivity index (χ0) is 14.0. The van der Waals surface area contributed by atoms with Gasteiger partial charge >= 0.3 is 0 Å². The Morgan fingerprint density at radius 3 is 2.53 bits per heavy atom. The summed E-state index contributed by atoms with van der Waals surface area (Å²) in [5.41, 5.74) is 9.08. The smallest absolute Gasteiger partial charge is 0.253 e. The molecule has 1 aromatic rings. The van der Waals surface area contributed by atoms with E-state index in [1.165, 1.54) is 12.0 Å². The van der Waals surface area contributed by atoms with E-state index in [4.69, 9.17) is 5.73 Å². The standard InChI is InChI=1S/C16H24N2O/c1-12-5-6-14(13(2)9-12)15(19)18(3)11-16(10-17)7-4-8-16/h5-6,9H,4,7-8,10-11,17H2,1-3H3. The van der Waals surface area contributed by atoms with Crippen molar-refractivity contribution in [2.75, 3.05) is 20.1 Å². The quantitative estimate of drug-likeness (QED) is 0.904. The molecule has 0 aliphatic heterocycles. The second-order valence-electron chi connectivity index (χ2n) is 6.04. The number of benzene rings is 1. The lowest BCUT2D eigenvalue weighted by molar-refractivity contribution is 0.0568. The Bertz CT molecular complexity index is 472. The molecule has 0 aromatic heterocycles. The number of amides is 1. The molecular weight excluding hydrogens is 236 g/mol. The molecule has 19 heavy (non-hydrogen) atoms. The first kappa shape index (κ1) is 14.1. The molecule has 2 N–H and O–H groups in total. The van der Waals surface area contributed by atoms with Crippen molar-refractivity contribution in [2.45, 2.75) is 33.1 Å². The van der Waals surface area contributed by atoms with Crippen LogP contribution in [0.15, 0.2) is 18.2 Å². The Balaban J connectivity index is 2.10. The van der Waals surface area contributed by atoms with Crippen LogP contribution in [0, 0.1) is 19.3 Å². The fourth-order valence-electron chi connectivity index (χ4n) is 2.94. The van der Waals surface area contributed by atoms with Crippen LogP contribution in [-0.2, 0) is 0 Å². The van der Waals surface area contributed by atoms with Crippen LogP contribution in [0.5, 0.6) is 0 Å². The third-order valence-corrected chi connectivity index (χ3v) is 4.38. The lowest BCUT2D eigenvalue weighted by Crippen LogP contribution is -2.47. The zero-order valence-electron chi connectivity index (χ0n) is 12.2. The molecule has 3 nitrogen and oxygen atoms in total. The average molecular weight is 260 g/mol. The van der Waals surface area contributed by atoms with E-state index in [0.29, 0.717) is 6.54 Å². The SMILES string of the molecule is Cc1ccc(C(=O)N(C)CC2(CN)CCC2)c(C)c1. The molecule has 1 fully saturated rings. The summed E-state index contributed by atoms with van der Waals surface area (Å²) in [7, 11) is 1.89. The number of rotatable bonds is 4. The fraction of sp³-hybridized carbons (Fsp3) is 0.562. The summed E-state index contributed by atoms with van der Waals surface area (Å²) < 4.78 is 0. The highest BCUT2D eigenvalue weighted by atomic mass is 16.2. The lowest BCUT2D eigenvalue weighted by atomic mass is 9.68. The predicted molar refractivity (Wildman–Crippen MR) is 78.2 cm³/mol. The Labute approximate surface area is 115 Å². The Morgan fingerprint density at radius 1 is 1.37 bits per heavy atom. The molecule has 0 unspecified atom stereocenters. The third-order valence-electron chi connectivity index (χ3n) is 4.38. The van der Waals surface area contributed by atoms with E-state index in [2.05, 4.69) is 6.07 Å². The van der Waals surface area contributed by atoms with Gasteiger partial charge in [0.05, 0.1) is 0 Å². The van der Waals surface area contributed by atoms with Gasteiger partial charge in [0.25, 0.3) is 5.91 Å². The van der Waals surface area contributed by atoms with E-state index >= 15 is 0 Å². The van der Waals surface area contributed by atoms with Crippen LogP contribution in [0.1, 0.15) is 40.7 Å². The molecule has 1 aromatic carbocycles. The minimum Gasteiger partial charge on any atom is -0.341 e. The molecule has 0 bridgehead atoms. The molecule has 1 amide bonds. The molecule has 0 atom stereocenters. The topological polar surface area (TPSA) is 46.3 Å². The maximum Gasteiger partial charge on any atom is 0.253 e. The summed E-state index contributed by atoms with van der Waals surface area (Å²) in [6, 6.07) is 5.98. The second-order valence-corrected chi connectivity index (χ2v) is 6.04. The highest BCUT2D eigenvalue weighted by molar-refractivity contribution is 5.95. The number of carbonyl (C=O) groups excluding carboxylic acids is 1. The van der Waals surface area contributed by atoms with E-state index < -0.39 is 0 Å². The number of hydrogen-bond donors (Lipinski definition) is 1. The second kappa shape index (κ2) is 5.33. The van der Waals surface area contributed by atoms with E-state index in [1.807, 2.05) is 37.9 Å². The van der Waals surface area contributed by atoms with Crippen molar-refractivity contribution in [1.82, 2.24) is 4.90 Å². The number of carbonyl (C=O) groups is 1. The van der Waals surface area contributed by atoms with Crippen LogP contribution >= 0.6 is 0 Å². The van der Waals surface area contributed by atoms with E-state index in [-0.39, 0.29) is 11.3 Å². The average Bonchev–Trinajstić information content (AvgIpc) is 2.33. The van der Waals surface area contributed by atoms with Gasteiger partial charge in [-0.1, -0.05) is 24.1 Å². The van der Waals surface area contributed by atoms with Crippen LogP contribution in [-0.4, -0.2) is 30.9 Å². The molecule has 1 saturated carbocycles. The van der Waals surface area contributed by atoms with Crippen molar-refractivity contribution in [3.8, 4) is 0 Å². The van der Waals surface area contributed by atoms with Gasteiger partial charge in [-0.2, -0.15) is 0 Å². The number of hydrogen-bond acceptors (Lipinski definition) is 2. The minimum absolute atomic E-state index is 0.109. The Morgan fingerprint density at radius 2 is 2.05 bits per heavy atom. The van der Waals surface area contributed by atoms with Crippen LogP contribution in [0.4, 0.5) is 0 Å². The molecule has 3 heteroatoms. The molecule has 1 aliphatic rings. The summed E-state index contributed by atoms with van der Waals surface area (Å²) in [5, 5.41) is 0. The third kappa shape index (κ3) is 2.81. The van der Waals surface area contributed by atoms with Crippen LogP contribution < -0.4 is 5.73 Å². The van der Waals surface area contributed by atoms with E-state index in [1.54, 1.807) is 0 Å². The van der Waals surface area contributed by atoms with Crippen molar-refractivity contribution in [2.24, 2.45) is 11.1 Å². The van der Waals surface area contributed by atoms with Crippen LogP contribution in [0.3, 0.4) is 0 Å². The van der Waals surface area contributed by atoms with Crippen molar-refractivity contribution in [1.29, 1.82) is 0 Å². The number of nitrogens with two attached hydrogens (primary N) is 1. The first-order chi connectivity index (χ1) is 8.97. The molecule has 0 heterocycles. The number of aryl methyl sites for hydroxylation is 2. The first-order valence-electron chi connectivity index (χ1n) is 7.00. The highest BCUT2D eigenvalue weighted by Crippen LogP contribution is 2.40. The van der Waals surface area contributed by atoms with E-state index in [9.17, 15) is 4.79 Å². The van der Waals surface area contributed by atoms with Crippen molar-refractivity contribution in [3.63, 3.8) is 0 Å². The van der Waals surface area contributed by atoms with Gasteiger partial charge in [-0.3, -0.25) is 4.79 Å². The monoisotopic (exact) mass is 260 g/mol. The number of nitrogens with zero attached hydrogens (tertiary/aromatic N) is 1. The normalized spacial score (nSPS) is 16.8. The largest absolute Gasteiger partial charge is 0.341 e. The van der Waals surface area contributed by atoms with Gasteiger partial charge in [0.2, 0.25) is 0 Å². The lowest BCUT2D eigenvalue weighted by Gasteiger charge is -2.43. The van der Waals surface area contributed by atoms with Crippen molar-refractivity contribution in [3.05, 3.63) is 34.9 Å². The van der Waals surface area contributed by atoms with Crippen molar-refractivity contribution < 1.29 is 4.79 Å². The van der Waals surface area contributed by atoms with Crippen LogP contribution in [0.2, 0.25) is 0 Å². The molecule has 0 saturated heterocycles. The minimum atomic E-state index is 0.109. The van der Waals surface area contributed by atoms with E-state index in [0.717, 1.165) is 30.5 Å². The maximum absolute atomic E-state index is 12.5. The summed E-state index contributed by atoms with van der Waals surface area (Å²) in [6.07, 6.45) is 3.53. The first-order valence-corrected chi connectivity index (χ1v) is 7.00. The predicted octanol–water partition coefficient (Wildman–Crippen LogP) is 2.50. The highest BCUT2D eigenvalue weighted by Gasteiger charge is 2.37. The summed E-state index contributed by atoms with van der Waals surface area (Å²) in [6.45, 7) is 5.49. The fourth-order valence-corrected chi connectivity index (χ4v) is 2.94. The molecular formula is C16H24N2O. The van der Waals surface area contributed by atoms with Gasteiger partial charge in [0, 0.05) is 24.6 Å². The van der Waals surface area contributed by atoms with Gasteiger partial charge in [-0.05, 0) is 44.9 Å². The van der Waals surface area contributed by atoms with Gasteiger partial charge in [0.15, 0.2) is 0 Å². The molecule has 2 rings (SSSR count). The summed E-state index contributed by atoms with van der Waals surface area (Å²) in [4.78, 5) is 14.3. The van der Waals surface area contributed by atoms with Gasteiger partial charge in [-0.15, -0.1) is 0 Å². The zero-order valence-corrected chi connectivity index (χ0v) is 12.2. The molecule has 104 valence electrons. The van der Waals surface area contributed by atoms with Gasteiger partial charge in [0.1, 0.15) is 0 Å². The van der Waals surface area contributed by atoms with Gasteiger partial charge < -0.3 is 10.6 Å². The summed E-state index contributed by atoms with van der Waals surface area (Å²) in [5.74, 6) is 0.109. The molecule has 0 radical (unpaired) electrons. The van der Waals surface area contributed by atoms with Gasteiger partial charge in [-0.25, -0.2) is 0 Å². The van der Waals surface area contributed by atoms with Crippen LogP contribution in [0.25, 0.3) is 0 Å². The molecule has 1 aliphatic carbocycles. The Kier molecular flexibility index (Phi) is 3.95.